The van der Waals surface area contributed by atoms with Gasteiger partial charge in [0, 0.05) is 11.6 Å². The summed E-state index contributed by atoms with van der Waals surface area (Å²) < 4.78 is 0. The molecular weight excluding hydrogens is 148 g/mol. The molecule has 0 saturated carbocycles. The van der Waals surface area contributed by atoms with Crippen LogP contribution in [0.5, 0.6) is 0 Å². The Labute approximate surface area is 69.0 Å². The summed E-state index contributed by atoms with van der Waals surface area (Å²) >= 11 is 0. The summed E-state index contributed by atoms with van der Waals surface area (Å²) in [4.78, 5) is 0. The van der Waals surface area contributed by atoms with Crippen molar-refractivity contribution in [3.05, 3.63) is 0 Å². The van der Waals surface area contributed by atoms with E-state index in [2.05, 4.69) is 19.2 Å². The molecule has 0 aliphatic carbocycles. The van der Waals surface area contributed by atoms with E-state index in [1.807, 2.05) is 0 Å². The molecule has 1 atom stereocenters. The number of hydrogen-bond donors (Lipinski definition) is 2. The van der Waals surface area contributed by atoms with E-state index in [9.17, 15) is 0 Å². The van der Waals surface area contributed by atoms with Crippen LogP contribution in [0.3, 0.4) is 0 Å². The van der Waals surface area contributed by atoms with Gasteiger partial charge in [-0.2, -0.15) is 0 Å². The molecular formula is C7H17ClN2. The van der Waals surface area contributed by atoms with Crippen LogP contribution in [-0.2, 0) is 0 Å². The minimum atomic E-state index is -0.0312. The Hall–Kier alpha value is 0.210. The van der Waals surface area contributed by atoms with Gasteiger partial charge in [-0.25, -0.2) is 0 Å². The Morgan fingerprint density at radius 3 is 2.30 bits per heavy atom. The Morgan fingerprint density at radius 1 is 1.50 bits per heavy atom. The molecule has 0 radical (unpaired) electrons. The summed E-state index contributed by atoms with van der Waals surface area (Å²) in [7, 11) is 0. The predicted molar refractivity (Wildman–Crippen MR) is 46.5 cm³/mol. The fourth-order valence-electron chi connectivity index (χ4n) is 1.32. The average molecular weight is 165 g/mol. The van der Waals surface area contributed by atoms with Crippen molar-refractivity contribution < 1.29 is 0 Å². The zero-order chi connectivity index (χ0) is 6.91. The lowest BCUT2D eigenvalue weighted by Gasteiger charge is -2.26. The molecule has 1 aliphatic rings. The van der Waals surface area contributed by atoms with Crippen LogP contribution < -0.4 is 11.1 Å². The summed E-state index contributed by atoms with van der Waals surface area (Å²) in [6, 6.07) is 0.539. The summed E-state index contributed by atoms with van der Waals surface area (Å²) in [6.45, 7) is 5.30. The monoisotopic (exact) mass is 164 g/mol. The third kappa shape index (κ3) is 2.45. The second-order valence-electron chi connectivity index (χ2n) is 3.47. The maximum Gasteiger partial charge on any atom is 0.0252 e. The van der Waals surface area contributed by atoms with Crippen LogP contribution >= 0.6 is 12.4 Å². The van der Waals surface area contributed by atoms with Crippen LogP contribution in [-0.4, -0.2) is 18.1 Å². The minimum absolute atomic E-state index is 0. The fourth-order valence-corrected chi connectivity index (χ4v) is 1.32. The van der Waals surface area contributed by atoms with Crippen LogP contribution in [0.1, 0.15) is 26.7 Å². The lowest BCUT2D eigenvalue weighted by Crippen LogP contribution is -2.49. The Balaban J connectivity index is 0.000000810. The molecule has 0 bridgehead atoms. The summed E-state index contributed by atoms with van der Waals surface area (Å²) in [5, 5.41) is 3.37. The van der Waals surface area contributed by atoms with E-state index in [0.717, 1.165) is 6.54 Å². The molecule has 3 heteroatoms. The molecule has 1 heterocycles. The molecule has 0 aromatic heterocycles. The normalized spacial score (nSPS) is 26.1. The zero-order valence-electron chi connectivity index (χ0n) is 6.68. The highest BCUT2D eigenvalue weighted by molar-refractivity contribution is 5.85. The third-order valence-corrected chi connectivity index (χ3v) is 1.96. The first kappa shape index (κ1) is 10.2. The predicted octanol–water partition coefficient (Wildman–Crippen LogP) is 0.897. The van der Waals surface area contributed by atoms with Gasteiger partial charge in [0.05, 0.1) is 0 Å². The molecule has 62 valence electrons. The highest BCUT2D eigenvalue weighted by atomic mass is 35.5. The lowest BCUT2D eigenvalue weighted by atomic mass is 9.95. The SMILES string of the molecule is CC(C)(N)[C@@H]1CCCN1.Cl. The van der Waals surface area contributed by atoms with E-state index in [4.69, 9.17) is 5.73 Å². The van der Waals surface area contributed by atoms with Crippen molar-refractivity contribution in [2.45, 2.75) is 38.3 Å². The van der Waals surface area contributed by atoms with Gasteiger partial charge in [-0.05, 0) is 33.2 Å². The van der Waals surface area contributed by atoms with Gasteiger partial charge in [-0.1, -0.05) is 0 Å². The van der Waals surface area contributed by atoms with Gasteiger partial charge >= 0.3 is 0 Å². The van der Waals surface area contributed by atoms with Crippen LogP contribution in [0.2, 0.25) is 0 Å². The van der Waals surface area contributed by atoms with Gasteiger partial charge in [-0.15, -0.1) is 12.4 Å². The lowest BCUT2D eigenvalue weighted by molar-refractivity contribution is 0.378. The van der Waals surface area contributed by atoms with Gasteiger partial charge in [0.1, 0.15) is 0 Å². The highest BCUT2D eigenvalue weighted by Gasteiger charge is 2.26. The smallest absolute Gasteiger partial charge is 0.0252 e. The van der Waals surface area contributed by atoms with Gasteiger partial charge in [-0.3, -0.25) is 0 Å². The van der Waals surface area contributed by atoms with E-state index in [0.29, 0.717) is 6.04 Å². The van der Waals surface area contributed by atoms with Crippen molar-refractivity contribution in [1.29, 1.82) is 0 Å². The number of nitrogens with one attached hydrogen (secondary N) is 1. The quantitative estimate of drug-likeness (QED) is 0.605. The van der Waals surface area contributed by atoms with Crippen LogP contribution in [0.25, 0.3) is 0 Å². The van der Waals surface area contributed by atoms with E-state index >= 15 is 0 Å². The molecule has 0 unspecified atom stereocenters. The molecule has 3 N–H and O–H groups in total. The van der Waals surface area contributed by atoms with Gasteiger partial charge < -0.3 is 11.1 Å². The average Bonchev–Trinajstić information content (AvgIpc) is 2.08. The zero-order valence-corrected chi connectivity index (χ0v) is 7.50. The molecule has 10 heavy (non-hydrogen) atoms. The van der Waals surface area contributed by atoms with Gasteiger partial charge in [0.25, 0.3) is 0 Å². The Kier molecular flexibility index (Phi) is 3.63. The molecule has 2 nitrogen and oxygen atoms in total. The summed E-state index contributed by atoms with van der Waals surface area (Å²) in [5.74, 6) is 0. The fraction of sp³-hybridized carbons (Fsp3) is 1.00. The standard InChI is InChI=1S/C7H16N2.ClH/c1-7(2,8)6-4-3-5-9-6;/h6,9H,3-5,8H2,1-2H3;1H/t6-;/m0./s1. The Bertz CT molecular complexity index is 92.3. The van der Waals surface area contributed by atoms with E-state index < -0.39 is 0 Å². The second kappa shape index (κ2) is 3.56. The summed E-state index contributed by atoms with van der Waals surface area (Å²) in [5.41, 5.74) is 5.85. The number of rotatable bonds is 1. The number of hydrogen-bond acceptors (Lipinski definition) is 2. The highest BCUT2D eigenvalue weighted by Crippen LogP contribution is 2.15. The van der Waals surface area contributed by atoms with Crippen molar-refractivity contribution >= 4 is 12.4 Å². The minimum Gasteiger partial charge on any atom is -0.324 e. The molecule has 1 aliphatic heterocycles. The van der Waals surface area contributed by atoms with E-state index in [-0.39, 0.29) is 17.9 Å². The second-order valence-corrected chi connectivity index (χ2v) is 3.47. The maximum atomic E-state index is 5.88. The van der Waals surface area contributed by atoms with Crippen LogP contribution in [0.15, 0.2) is 0 Å². The maximum absolute atomic E-state index is 5.88. The Morgan fingerprint density at radius 2 is 2.10 bits per heavy atom. The van der Waals surface area contributed by atoms with E-state index in [1.165, 1.54) is 12.8 Å². The largest absolute Gasteiger partial charge is 0.324 e. The topological polar surface area (TPSA) is 38.0 Å². The van der Waals surface area contributed by atoms with Crippen molar-refractivity contribution in [2.24, 2.45) is 5.73 Å². The number of nitrogens with two attached hydrogens (primary N) is 1. The third-order valence-electron chi connectivity index (χ3n) is 1.96. The molecule has 0 spiro atoms. The first-order valence-corrected chi connectivity index (χ1v) is 3.63. The van der Waals surface area contributed by atoms with Gasteiger partial charge in [0.15, 0.2) is 0 Å². The first-order chi connectivity index (χ1) is 4.11. The number of halogens is 1. The van der Waals surface area contributed by atoms with Crippen LogP contribution in [0.4, 0.5) is 0 Å². The summed E-state index contributed by atoms with van der Waals surface area (Å²) in [6.07, 6.45) is 2.52. The molecule has 0 aromatic rings. The molecule has 1 fully saturated rings. The molecule has 0 amide bonds. The molecule has 1 saturated heterocycles. The van der Waals surface area contributed by atoms with Gasteiger partial charge in [0.2, 0.25) is 0 Å². The van der Waals surface area contributed by atoms with Crippen molar-refractivity contribution in [2.75, 3.05) is 6.54 Å². The van der Waals surface area contributed by atoms with Crippen molar-refractivity contribution in [3.63, 3.8) is 0 Å². The van der Waals surface area contributed by atoms with E-state index in [1.54, 1.807) is 0 Å². The molecule has 0 aromatic carbocycles. The van der Waals surface area contributed by atoms with Crippen LogP contribution in [0, 0.1) is 0 Å². The molecule has 1 rings (SSSR count). The first-order valence-electron chi connectivity index (χ1n) is 3.63. The van der Waals surface area contributed by atoms with Crippen molar-refractivity contribution in [1.82, 2.24) is 5.32 Å². The van der Waals surface area contributed by atoms with Crippen molar-refractivity contribution in [3.8, 4) is 0 Å².